The van der Waals surface area contributed by atoms with Gasteiger partial charge in [0.15, 0.2) is 0 Å². The normalized spacial score (nSPS) is 13.4. The fourth-order valence-electron chi connectivity index (χ4n) is 2.92. The Balaban J connectivity index is 1.92. The third-order valence-corrected chi connectivity index (χ3v) is 4.38. The summed E-state index contributed by atoms with van der Waals surface area (Å²) in [5, 5.41) is 20.4. The van der Waals surface area contributed by atoms with Crippen molar-refractivity contribution in [3.05, 3.63) is 58.2 Å². The van der Waals surface area contributed by atoms with Gasteiger partial charge in [0, 0.05) is 23.3 Å². The van der Waals surface area contributed by atoms with Gasteiger partial charge >= 0.3 is 5.97 Å². The van der Waals surface area contributed by atoms with Crippen LogP contribution in [0.1, 0.15) is 21.5 Å². The van der Waals surface area contributed by atoms with E-state index >= 15 is 0 Å². The average molecular weight is 330 g/mol. The second-order valence-corrected chi connectivity index (χ2v) is 5.89. The molecule has 116 valence electrons. The number of carboxylic acids is 1. The van der Waals surface area contributed by atoms with Gasteiger partial charge in [-0.2, -0.15) is 0 Å². The minimum Gasteiger partial charge on any atom is -0.507 e. The third-order valence-electron chi connectivity index (χ3n) is 4.08. The van der Waals surface area contributed by atoms with Gasteiger partial charge in [0.25, 0.3) is 0 Å². The van der Waals surface area contributed by atoms with Crippen molar-refractivity contribution in [1.29, 1.82) is 0 Å². The lowest BCUT2D eigenvalue weighted by Gasteiger charge is -2.08. The molecular formula is C17H12ClNO4. The topological polar surface area (TPSA) is 71.7 Å². The molecule has 0 saturated carbocycles. The number of phenols is 1. The van der Waals surface area contributed by atoms with Crippen LogP contribution < -0.4 is 0 Å². The van der Waals surface area contributed by atoms with Crippen molar-refractivity contribution in [2.75, 3.05) is 0 Å². The van der Waals surface area contributed by atoms with Crippen LogP contribution in [0.2, 0.25) is 5.02 Å². The van der Waals surface area contributed by atoms with E-state index in [1.165, 1.54) is 12.1 Å². The quantitative estimate of drug-likeness (QED) is 0.751. The summed E-state index contributed by atoms with van der Waals surface area (Å²) in [7, 11) is 0. The zero-order valence-electron chi connectivity index (χ0n) is 11.9. The first-order valence-corrected chi connectivity index (χ1v) is 7.39. The van der Waals surface area contributed by atoms with Crippen LogP contribution in [-0.4, -0.2) is 20.7 Å². The van der Waals surface area contributed by atoms with Gasteiger partial charge < -0.3 is 19.5 Å². The van der Waals surface area contributed by atoms with E-state index < -0.39 is 5.97 Å². The first-order chi connectivity index (χ1) is 11.0. The molecule has 0 aliphatic carbocycles. The molecule has 2 aromatic carbocycles. The standard InChI is InChI=1S/C17H12ClNO4/c18-14-6-19(11-1-2-12(17(21)22)16(20)5-11)15-4-10-8-23-7-9(10)3-13(14)15/h1-6,20H,7-8H2,(H,21,22). The van der Waals surface area contributed by atoms with Gasteiger partial charge in [0.1, 0.15) is 11.3 Å². The molecule has 2 heterocycles. The molecule has 6 heteroatoms. The highest BCUT2D eigenvalue weighted by molar-refractivity contribution is 6.35. The average Bonchev–Trinajstić information content (AvgIpc) is 3.09. The number of carbonyl (C=O) groups is 1. The summed E-state index contributed by atoms with van der Waals surface area (Å²) in [5.41, 5.74) is 3.64. The Morgan fingerprint density at radius 3 is 2.61 bits per heavy atom. The van der Waals surface area contributed by atoms with Gasteiger partial charge in [0.2, 0.25) is 0 Å². The number of benzene rings is 2. The highest BCUT2D eigenvalue weighted by atomic mass is 35.5. The van der Waals surface area contributed by atoms with Crippen LogP contribution in [-0.2, 0) is 18.0 Å². The molecule has 1 aliphatic rings. The molecule has 0 atom stereocenters. The van der Waals surface area contributed by atoms with Crippen LogP contribution >= 0.6 is 11.6 Å². The van der Waals surface area contributed by atoms with Crippen molar-refractivity contribution in [3.8, 4) is 11.4 Å². The van der Waals surface area contributed by atoms with E-state index in [1.807, 2.05) is 16.7 Å². The van der Waals surface area contributed by atoms with Gasteiger partial charge in [-0.3, -0.25) is 0 Å². The molecule has 2 N–H and O–H groups in total. The maximum Gasteiger partial charge on any atom is 0.339 e. The van der Waals surface area contributed by atoms with Crippen LogP contribution in [0.15, 0.2) is 36.5 Å². The number of aromatic carboxylic acids is 1. The van der Waals surface area contributed by atoms with E-state index in [0.717, 1.165) is 22.0 Å². The molecule has 0 bridgehead atoms. The number of aromatic nitrogens is 1. The lowest BCUT2D eigenvalue weighted by molar-refractivity contribution is 0.0694. The molecule has 0 saturated heterocycles. The minimum absolute atomic E-state index is 0.134. The number of rotatable bonds is 2. The van der Waals surface area contributed by atoms with E-state index in [-0.39, 0.29) is 11.3 Å². The fourth-order valence-corrected chi connectivity index (χ4v) is 3.17. The molecule has 4 rings (SSSR count). The highest BCUT2D eigenvalue weighted by Crippen LogP contribution is 2.34. The van der Waals surface area contributed by atoms with Crippen molar-refractivity contribution in [2.24, 2.45) is 0 Å². The maximum atomic E-state index is 11.0. The Morgan fingerprint density at radius 1 is 1.17 bits per heavy atom. The first kappa shape index (κ1) is 14.1. The van der Waals surface area contributed by atoms with Crippen molar-refractivity contribution in [1.82, 2.24) is 4.57 Å². The number of ether oxygens (including phenoxy) is 1. The number of nitrogens with zero attached hydrogens (tertiary/aromatic N) is 1. The van der Waals surface area contributed by atoms with Crippen molar-refractivity contribution >= 4 is 28.5 Å². The molecule has 1 aliphatic heterocycles. The second kappa shape index (κ2) is 5.01. The maximum absolute atomic E-state index is 11.0. The van der Waals surface area contributed by atoms with E-state index in [4.69, 9.17) is 21.4 Å². The van der Waals surface area contributed by atoms with Gasteiger partial charge in [-0.05, 0) is 35.4 Å². The predicted octanol–water partition coefficient (Wildman–Crippen LogP) is 3.72. The van der Waals surface area contributed by atoms with E-state index in [1.54, 1.807) is 12.3 Å². The molecule has 3 aromatic rings. The fraction of sp³-hybridized carbons (Fsp3) is 0.118. The lowest BCUT2D eigenvalue weighted by atomic mass is 10.1. The van der Waals surface area contributed by atoms with Crippen molar-refractivity contribution < 1.29 is 19.7 Å². The van der Waals surface area contributed by atoms with E-state index in [0.29, 0.717) is 23.9 Å². The van der Waals surface area contributed by atoms with Crippen LogP contribution in [0.25, 0.3) is 16.6 Å². The number of halogens is 1. The molecule has 23 heavy (non-hydrogen) atoms. The second-order valence-electron chi connectivity index (χ2n) is 5.48. The van der Waals surface area contributed by atoms with E-state index in [9.17, 15) is 9.90 Å². The van der Waals surface area contributed by atoms with Gasteiger partial charge in [-0.15, -0.1) is 0 Å². The zero-order chi connectivity index (χ0) is 16.1. The molecule has 0 radical (unpaired) electrons. The van der Waals surface area contributed by atoms with Gasteiger partial charge in [-0.25, -0.2) is 4.79 Å². The van der Waals surface area contributed by atoms with Crippen LogP contribution in [0.4, 0.5) is 0 Å². The molecule has 0 unspecified atom stereocenters. The number of fused-ring (bicyclic) bond motifs is 2. The Bertz CT molecular complexity index is 961. The van der Waals surface area contributed by atoms with Crippen LogP contribution in [0, 0.1) is 0 Å². The summed E-state index contributed by atoms with van der Waals surface area (Å²) < 4.78 is 7.28. The summed E-state index contributed by atoms with van der Waals surface area (Å²) in [6.45, 7) is 1.15. The summed E-state index contributed by atoms with van der Waals surface area (Å²) in [5.74, 6) is -1.45. The molecule has 1 aromatic heterocycles. The minimum atomic E-state index is -1.17. The lowest BCUT2D eigenvalue weighted by Crippen LogP contribution is -1.99. The Labute approximate surface area is 136 Å². The number of carboxylic acid groups (broad SMARTS) is 1. The van der Waals surface area contributed by atoms with E-state index in [2.05, 4.69) is 0 Å². The van der Waals surface area contributed by atoms with Gasteiger partial charge in [0.05, 0.1) is 23.8 Å². The first-order valence-electron chi connectivity index (χ1n) is 7.01. The number of aromatic hydroxyl groups is 1. The van der Waals surface area contributed by atoms with Crippen LogP contribution in [0.3, 0.4) is 0 Å². The van der Waals surface area contributed by atoms with Gasteiger partial charge in [-0.1, -0.05) is 11.6 Å². The summed E-state index contributed by atoms with van der Waals surface area (Å²) >= 11 is 6.33. The van der Waals surface area contributed by atoms with Crippen molar-refractivity contribution in [3.63, 3.8) is 0 Å². The summed E-state index contributed by atoms with van der Waals surface area (Å²) in [6, 6.07) is 8.47. The zero-order valence-corrected chi connectivity index (χ0v) is 12.7. The molecule has 0 fully saturated rings. The molecule has 0 spiro atoms. The number of hydrogen-bond donors (Lipinski definition) is 2. The molecular weight excluding hydrogens is 318 g/mol. The Morgan fingerprint density at radius 2 is 1.91 bits per heavy atom. The monoisotopic (exact) mass is 329 g/mol. The van der Waals surface area contributed by atoms with Crippen LogP contribution in [0.5, 0.6) is 5.75 Å². The summed E-state index contributed by atoms with van der Waals surface area (Å²) in [6.07, 6.45) is 1.76. The SMILES string of the molecule is O=C(O)c1ccc(-n2cc(Cl)c3cc4c(cc32)COC4)cc1O. The molecule has 0 amide bonds. The van der Waals surface area contributed by atoms with Crippen molar-refractivity contribution in [2.45, 2.75) is 13.2 Å². The highest BCUT2D eigenvalue weighted by Gasteiger charge is 2.18. The third kappa shape index (κ3) is 2.17. The predicted molar refractivity (Wildman–Crippen MR) is 85.4 cm³/mol. The molecule has 5 nitrogen and oxygen atoms in total. The Hall–Kier alpha value is -2.50. The Kier molecular flexibility index (Phi) is 3.07. The summed E-state index contributed by atoms with van der Waals surface area (Å²) in [4.78, 5) is 11.0. The smallest absolute Gasteiger partial charge is 0.339 e. The largest absolute Gasteiger partial charge is 0.507 e. The number of hydrogen-bond acceptors (Lipinski definition) is 3.